The van der Waals surface area contributed by atoms with Crippen LogP contribution in [0, 0.1) is 0 Å². The van der Waals surface area contributed by atoms with E-state index in [4.69, 9.17) is 68.5 Å². The smallest absolute Gasteiger partial charge is 0.269 e. The fraction of sp³-hybridized carbons (Fsp3) is 0.0762. The number of nitrogens with one attached hydrogen (secondary N) is 6. The van der Waals surface area contributed by atoms with Crippen LogP contribution in [0.3, 0.4) is 0 Å². The van der Waals surface area contributed by atoms with Gasteiger partial charge in [0.2, 0.25) is 0 Å². The van der Waals surface area contributed by atoms with E-state index in [2.05, 4.69) is 132 Å². The van der Waals surface area contributed by atoms with E-state index in [1.54, 1.807) is 153 Å². The molecule has 140 heavy (non-hydrogen) atoms. The molecule has 0 saturated heterocycles. The van der Waals surface area contributed by atoms with Crippen molar-refractivity contribution in [2.24, 2.45) is 0 Å². The number of hydrogen-bond donors (Lipinski definition) is 8. The minimum absolute atomic E-state index is 0.141. The van der Waals surface area contributed by atoms with Crippen LogP contribution in [0.4, 0.5) is 28.4 Å². The third-order valence-electron chi connectivity index (χ3n) is 21.1. The van der Waals surface area contributed by atoms with E-state index in [0.29, 0.717) is 76.9 Å². The van der Waals surface area contributed by atoms with Gasteiger partial charge in [0.1, 0.15) is 29.2 Å². The Morgan fingerprint density at radius 3 is 1.23 bits per heavy atom. The number of aliphatic hydroxyl groups excluding tert-OH is 1. The van der Waals surface area contributed by atoms with Crippen LogP contribution in [0.15, 0.2) is 390 Å². The maximum atomic E-state index is 13.3. The second-order valence-electron chi connectivity index (χ2n) is 30.6. The van der Waals surface area contributed by atoms with E-state index in [9.17, 15) is 31.5 Å². The fourth-order valence-electron chi connectivity index (χ4n) is 13.9. The molecule has 0 spiro atoms. The maximum Gasteiger partial charge on any atom is 0.269 e. The van der Waals surface area contributed by atoms with Gasteiger partial charge in [-0.2, -0.15) is 0 Å². The minimum Gasteiger partial charge on any atom is -0.399 e. The number of aldehydes is 2. The lowest BCUT2D eigenvalue weighted by Gasteiger charge is -2.15. The highest BCUT2D eigenvalue weighted by atomic mass is 79.9. The number of ether oxygens (including phenoxy) is 1. The molecule has 0 amide bonds. The number of H-pyrrole nitrogens is 2. The number of aliphatic hydroxyl groups is 1. The first-order valence-electron chi connectivity index (χ1n) is 43.0. The Kier molecular flexibility index (Phi) is 36.1. The average Bonchev–Trinajstić information content (AvgIpc) is 1.61. The first kappa shape index (κ1) is 102. The molecule has 706 valence electrons. The first-order valence-corrected chi connectivity index (χ1v) is 49.3. The van der Waals surface area contributed by atoms with Crippen molar-refractivity contribution in [2.45, 2.75) is 54.6 Å². The number of rotatable bonds is 25. The van der Waals surface area contributed by atoms with Crippen LogP contribution in [0.25, 0.3) is 44.1 Å². The van der Waals surface area contributed by atoms with E-state index >= 15 is 0 Å². The number of fused-ring (bicyclic) bond motifs is 4. The van der Waals surface area contributed by atoms with Gasteiger partial charge in [0, 0.05) is 206 Å². The van der Waals surface area contributed by atoms with Gasteiger partial charge in [-0.3, -0.25) is 34.5 Å². The van der Waals surface area contributed by atoms with Crippen molar-refractivity contribution >= 4 is 195 Å². The summed E-state index contributed by atoms with van der Waals surface area (Å²) in [5, 5.41) is 31.2. The summed E-state index contributed by atoms with van der Waals surface area (Å²) in [4.78, 5) is 66.5. The predicted octanol–water partition coefficient (Wildman–Crippen LogP) is 24.6. The summed E-state index contributed by atoms with van der Waals surface area (Å²) in [6, 6.07) is 87.5. The normalized spacial score (nSPS) is 11.3. The number of nitrogens with zero attached hydrogens (tertiary/aromatic N) is 11. The largest absolute Gasteiger partial charge is 0.399 e. The molecule has 2 atom stereocenters. The fourth-order valence-corrected chi connectivity index (χ4v) is 17.7. The Bertz CT molecular complexity index is 7610. The Labute approximate surface area is 848 Å². The molecule has 0 bridgehead atoms. The molecule has 0 radical (unpaired) electrons. The third-order valence-corrected chi connectivity index (χ3v) is 26.6. The second kappa shape index (κ2) is 49.8. The molecule has 2 unspecified atom stereocenters. The van der Waals surface area contributed by atoms with Gasteiger partial charge in [-0.1, -0.05) is 113 Å². The summed E-state index contributed by atoms with van der Waals surface area (Å²) in [5.41, 5.74) is 22.3. The number of nitrogen functional groups attached to an aromatic ring is 1. The van der Waals surface area contributed by atoms with Crippen molar-refractivity contribution in [1.82, 2.24) is 62.8 Å². The van der Waals surface area contributed by atoms with Crippen molar-refractivity contribution in [2.75, 3.05) is 34.1 Å². The lowest BCUT2D eigenvalue weighted by atomic mass is 10.0. The zero-order chi connectivity index (χ0) is 98.3. The van der Waals surface area contributed by atoms with E-state index in [-0.39, 0.29) is 27.2 Å². The van der Waals surface area contributed by atoms with Crippen molar-refractivity contribution in [3.05, 3.63) is 473 Å². The number of benzene rings is 7. The van der Waals surface area contributed by atoms with Gasteiger partial charge < -0.3 is 46.8 Å². The summed E-state index contributed by atoms with van der Waals surface area (Å²) < 4.78 is 61.5. The van der Waals surface area contributed by atoms with E-state index in [1.165, 1.54) is 60.2 Å². The van der Waals surface area contributed by atoms with Crippen LogP contribution in [-0.2, 0) is 57.4 Å². The summed E-state index contributed by atoms with van der Waals surface area (Å²) in [6.07, 6.45) is 23.0. The zero-order valence-electron chi connectivity index (χ0n) is 74.3. The lowest BCUT2D eigenvalue weighted by molar-refractivity contribution is 0.111. The number of anilines is 5. The number of aromatic nitrogens is 13. The summed E-state index contributed by atoms with van der Waals surface area (Å²) in [6.45, 7) is 2.51. The highest BCUT2D eigenvalue weighted by molar-refractivity contribution is 9.10. The van der Waals surface area contributed by atoms with Gasteiger partial charge in [0.05, 0.1) is 58.7 Å². The zero-order valence-corrected chi connectivity index (χ0v) is 82.9. The Morgan fingerprint density at radius 1 is 0.400 bits per heavy atom. The monoisotopic (exact) mass is 2120 g/mol. The van der Waals surface area contributed by atoms with Crippen LogP contribution in [0.5, 0.6) is 0 Å². The topological polar surface area (TPSA) is 363 Å². The van der Waals surface area contributed by atoms with Crippen LogP contribution in [-0.4, -0.2) is 104 Å². The molecule has 0 aliphatic carbocycles. The maximum absolute atomic E-state index is 13.3. The number of hydrogen-bond acceptors (Lipinski definition) is 22. The molecule has 7 aromatic carbocycles. The van der Waals surface area contributed by atoms with Crippen molar-refractivity contribution in [1.29, 1.82) is 0 Å². The molecular formula is C105H87Br2Cl5N18O8S2. The summed E-state index contributed by atoms with van der Waals surface area (Å²) in [5.74, 6) is 0. The van der Waals surface area contributed by atoms with Crippen LogP contribution >= 0.6 is 89.9 Å². The van der Waals surface area contributed by atoms with Gasteiger partial charge >= 0.3 is 0 Å². The molecule has 0 aliphatic rings. The number of methoxy groups -OCH3 is 1. The molecule has 26 nitrogen and oxygen atoms in total. The van der Waals surface area contributed by atoms with Gasteiger partial charge in [0.25, 0.3) is 20.0 Å². The number of nitrogens with two attached hydrogens (primary N) is 1. The van der Waals surface area contributed by atoms with Crippen molar-refractivity contribution in [3.8, 4) is 0 Å². The van der Waals surface area contributed by atoms with E-state index in [0.717, 1.165) is 128 Å². The highest BCUT2D eigenvalue weighted by Crippen LogP contribution is 2.35. The minimum atomic E-state index is -3.89. The molecule has 35 heteroatoms. The Hall–Kier alpha value is -14.4. The summed E-state index contributed by atoms with van der Waals surface area (Å²) in [7, 11) is -5.95. The summed E-state index contributed by atoms with van der Waals surface area (Å²) >= 11 is 35.6. The Morgan fingerprint density at radius 2 is 0.800 bits per heavy atom. The second-order valence-corrected chi connectivity index (χ2v) is 38.3. The van der Waals surface area contributed by atoms with Crippen LogP contribution in [0.1, 0.15) is 89.2 Å². The molecular weight excluding hydrogens is 2040 g/mol. The van der Waals surface area contributed by atoms with Gasteiger partial charge in [-0.25, -0.2) is 44.7 Å². The standard InChI is InChI=1S/C26H21ClN4O3S.C21H19ClN4O.C20H17ClN4.C14H10N2O3S.C12H10BrClN2.C6H4BrNO.C6H6ClN/c27-19-9-12-20(13-10-19)30-16-21-11-8-18(15-29-21)25(32)24-17-31(26-23(24)7-4-14-28-26)35(33,34)22-5-2-1-3-6-22;1-27-20(19-13-26-21-18(19)3-2-10-23-21)14-4-7-17(24-11-14)12-25-16-8-5-15(22)6-9-16;21-16-4-7-17(8-5-16)24-13-18-6-3-14(11-23-18)10-15-12-25-20-19(15)2-1-9-22-20;17-10-11-9-16(14-13(11)7-4-8-15-14)20(18,19)12-5-2-1-3-6-12;13-9-1-4-12(15-7-9)8-16-11-5-2-10(14)3-6-11;7-5-1-2-6(4-9)8-3-5;7-5-1-3-6(8)4-2-5/h1-15,17,25,30,32H,16H2;2-11,13,20,25H,12H2,1H3,(H,23,26);1-9,11-12,24H,10,13H2,(H,22,25);1-10H;1-7,16H,8H2;1-4H;1-4H,8H2. The third kappa shape index (κ3) is 28.0. The number of aromatic amines is 2. The van der Waals surface area contributed by atoms with Crippen LogP contribution in [0.2, 0.25) is 25.1 Å². The van der Waals surface area contributed by atoms with Gasteiger partial charge in [-0.15, -0.1) is 0 Å². The molecule has 13 aromatic heterocycles. The number of carbonyl (C=O) groups excluding carboxylic acids is 2. The SMILES string of the molecule is COC(c1ccc(CNc2ccc(Cl)cc2)nc1)c1c[nH]c2ncccc12.Clc1ccc(NCc2ccc(Br)cn2)cc1.Clc1ccc(NCc2ccc(Cc3c[nH]c4ncccc34)cn2)cc1.Nc1ccc(Cl)cc1.O=Cc1ccc(Br)cn1.O=Cc1cn(S(=O)(=O)c2ccccc2)c2ncccc12.O=S(=O)(c1ccccc1)n1cc(C(O)c2ccc(CNc3ccc(Cl)cc3)nc2)c2cccnc21. The van der Waals surface area contributed by atoms with Crippen molar-refractivity contribution in [3.63, 3.8) is 0 Å². The first-order chi connectivity index (χ1) is 67.9. The molecule has 0 saturated carbocycles. The number of carbonyl (C=O) groups is 2. The quantitative estimate of drug-likeness (QED) is 0.0195. The van der Waals surface area contributed by atoms with E-state index < -0.39 is 26.2 Å². The lowest BCUT2D eigenvalue weighted by Crippen LogP contribution is -2.12. The molecule has 0 fully saturated rings. The molecule has 13 heterocycles. The van der Waals surface area contributed by atoms with E-state index in [1.807, 2.05) is 152 Å². The van der Waals surface area contributed by atoms with Gasteiger partial charge in [0.15, 0.2) is 23.9 Å². The Balaban J connectivity index is 0.000000136. The number of pyridine rings is 9. The van der Waals surface area contributed by atoms with Gasteiger partial charge in [-0.05, 0) is 280 Å². The van der Waals surface area contributed by atoms with Crippen molar-refractivity contribution < 1.29 is 36.3 Å². The molecule has 9 N–H and O–H groups in total. The van der Waals surface area contributed by atoms with Crippen LogP contribution < -0.4 is 27.0 Å². The number of halogens is 7. The molecule has 0 aliphatic heterocycles. The predicted molar refractivity (Wildman–Crippen MR) is 564 cm³/mol. The average molecular weight is 2130 g/mol. The molecule has 20 aromatic rings. The molecule has 20 rings (SSSR count). The highest BCUT2D eigenvalue weighted by Gasteiger charge is 2.27.